The van der Waals surface area contributed by atoms with E-state index < -0.39 is 0 Å². The summed E-state index contributed by atoms with van der Waals surface area (Å²) >= 11 is 6.62. The van der Waals surface area contributed by atoms with Gasteiger partial charge in [0.05, 0.1) is 4.99 Å². The lowest BCUT2D eigenvalue weighted by Gasteiger charge is -1.95. The van der Waals surface area contributed by atoms with E-state index >= 15 is 0 Å². The highest BCUT2D eigenvalue weighted by Gasteiger charge is 1.88. The van der Waals surface area contributed by atoms with Crippen LogP contribution >= 0.6 is 24.0 Å². The van der Waals surface area contributed by atoms with Crippen molar-refractivity contribution in [2.45, 2.75) is 19.8 Å². The standard InChI is InChI=1S/C6H13NS2/c1-2-4-9-5-3-6(7)8/h2-5H2,1H3,(H2,7,8). The molecule has 0 aliphatic heterocycles. The Hall–Kier alpha value is 0.240. The maximum atomic E-state index is 5.29. The van der Waals surface area contributed by atoms with Gasteiger partial charge in [0.1, 0.15) is 0 Å². The Morgan fingerprint density at radius 1 is 1.56 bits per heavy atom. The number of hydrogen-bond acceptors (Lipinski definition) is 2. The molecule has 0 heterocycles. The number of nitrogens with two attached hydrogens (primary N) is 1. The Kier molecular flexibility index (Phi) is 6.53. The van der Waals surface area contributed by atoms with Crippen LogP contribution in [-0.2, 0) is 0 Å². The van der Waals surface area contributed by atoms with Crippen molar-refractivity contribution in [1.82, 2.24) is 0 Å². The number of hydrogen-bond donors (Lipinski definition) is 1. The van der Waals surface area contributed by atoms with E-state index in [0.29, 0.717) is 4.99 Å². The minimum Gasteiger partial charge on any atom is -0.393 e. The fourth-order valence-electron chi connectivity index (χ4n) is 0.419. The molecule has 9 heavy (non-hydrogen) atoms. The lowest BCUT2D eigenvalue weighted by atomic mass is 10.5. The van der Waals surface area contributed by atoms with E-state index in [1.165, 1.54) is 12.2 Å². The molecular formula is C6H13NS2. The highest BCUT2D eigenvalue weighted by Crippen LogP contribution is 2.03. The fraction of sp³-hybridized carbons (Fsp3) is 0.833. The minimum absolute atomic E-state index is 0.638. The van der Waals surface area contributed by atoms with E-state index in [4.69, 9.17) is 18.0 Å². The first-order valence-corrected chi connectivity index (χ1v) is 4.69. The summed E-state index contributed by atoms with van der Waals surface area (Å²) in [4.78, 5) is 0.638. The van der Waals surface area contributed by atoms with Crippen LogP contribution in [0.25, 0.3) is 0 Å². The van der Waals surface area contributed by atoms with Crippen LogP contribution in [0.3, 0.4) is 0 Å². The zero-order valence-electron chi connectivity index (χ0n) is 5.72. The van der Waals surface area contributed by atoms with Gasteiger partial charge in [-0.05, 0) is 17.9 Å². The van der Waals surface area contributed by atoms with Gasteiger partial charge in [0.15, 0.2) is 0 Å². The Bertz CT molecular complexity index is 83.1. The minimum atomic E-state index is 0.638. The summed E-state index contributed by atoms with van der Waals surface area (Å²) < 4.78 is 0. The van der Waals surface area contributed by atoms with Crippen molar-refractivity contribution in [3.63, 3.8) is 0 Å². The van der Waals surface area contributed by atoms with Crippen molar-refractivity contribution in [1.29, 1.82) is 0 Å². The predicted molar refractivity (Wildman–Crippen MR) is 49.0 cm³/mol. The van der Waals surface area contributed by atoms with Crippen molar-refractivity contribution in [3.8, 4) is 0 Å². The average molecular weight is 163 g/mol. The van der Waals surface area contributed by atoms with Gasteiger partial charge in [0, 0.05) is 6.42 Å². The third-order valence-electron chi connectivity index (χ3n) is 0.841. The maximum Gasteiger partial charge on any atom is 0.0735 e. The molecule has 0 fully saturated rings. The SMILES string of the molecule is CCCSCCC(N)=S. The second-order valence-electron chi connectivity index (χ2n) is 1.83. The van der Waals surface area contributed by atoms with Crippen LogP contribution in [0.4, 0.5) is 0 Å². The third kappa shape index (κ3) is 8.24. The molecule has 0 aliphatic carbocycles. The van der Waals surface area contributed by atoms with E-state index in [9.17, 15) is 0 Å². The zero-order valence-corrected chi connectivity index (χ0v) is 7.36. The summed E-state index contributed by atoms with van der Waals surface area (Å²) in [5, 5.41) is 0. The molecule has 0 aromatic rings. The monoisotopic (exact) mass is 163 g/mol. The summed E-state index contributed by atoms with van der Waals surface area (Å²) in [6.07, 6.45) is 2.13. The van der Waals surface area contributed by atoms with Crippen molar-refractivity contribution >= 4 is 29.0 Å². The topological polar surface area (TPSA) is 26.0 Å². The quantitative estimate of drug-likeness (QED) is 0.494. The summed E-state index contributed by atoms with van der Waals surface area (Å²) in [5.74, 6) is 2.31. The molecule has 0 saturated carbocycles. The Balaban J connectivity index is 2.83. The lowest BCUT2D eigenvalue weighted by molar-refractivity contribution is 1.10. The average Bonchev–Trinajstić information content (AvgIpc) is 1.80. The Labute approximate surface area is 66.4 Å². The van der Waals surface area contributed by atoms with Crippen LogP contribution in [0.2, 0.25) is 0 Å². The largest absolute Gasteiger partial charge is 0.393 e. The van der Waals surface area contributed by atoms with E-state index in [0.717, 1.165) is 12.2 Å². The van der Waals surface area contributed by atoms with Gasteiger partial charge in [0.25, 0.3) is 0 Å². The lowest BCUT2D eigenvalue weighted by Crippen LogP contribution is -2.08. The zero-order chi connectivity index (χ0) is 7.11. The smallest absolute Gasteiger partial charge is 0.0735 e. The van der Waals surface area contributed by atoms with Gasteiger partial charge in [-0.2, -0.15) is 11.8 Å². The van der Waals surface area contributed by atoms with Crippen LogP contribution < -0.4 is 5.73 Å². The van der Waals surface area contributed by atoms with Crippen LogP contribution in [0, 0.1) is 0 Å². The van der Waals surface area contributed by atoms with Crippen LogP contribution in [0.15, 0.2) is 0 Å². The second kappa shape index (κ2) is 6.36. The summed E-state index contributed by atoms with van der Waals surface area (Å²) in [6.45, 7) is 2.17. The maximum absolute atomic E-state index is 5.29. The molecule has 0 amide bonds. The fourth-order valence-corrected chi connectivity index (χ4v) is 1.51. The molecule has 54 valence electrons. The molecule has 1 nitrogen and oxygen atoms in total. The second-order valence-corrected chi connectivity index (χ2v) is 3.58. The summed E-state index contributed by atoms with van der Waals surface area (Å²) in [5.41, 5.74) is 5.29. The number of rotatable bonds is 5. The molecule has 0 rings (SSSR count). The molecule has 0 aromatic carbocycles. The van der Waals surface area contributed by atoms with Crippen LogP contribution in [-0.4, -0.2) is 16.5 Å². The van der Waals surface area contributed by atoms with Crippen molar-refractivity contribution in [2.75, 3.05) is 11.5 Å². The first kappa shape index (κ1) is 9.24. The number of thiocarbonyl (C=S) groups is 1. The molecule has 0 saturated heterocycles. The molecule has 0 aliphatic rings. The molecule has 3 heteroatoms. The van der Waals surface area contributed by atoms with E-state index in [1.54, 1.807) is 0 Å². The van der Waals surface area contributed by atoms with E-state index in [1.807, 2.05) is 11.8 Å². The highest BCUT2D eigenvalue weighted by atomic mass is 32.2. The predicted octanol–water partition coefficient (Wildman–Crippen LogP) is 1.81. The molecule has 0 atom stereocenters. The van der Waals surface area contributed by atoms with E-state index in [-0.39, 0.29) is 0 Å². The van der Waals surface area contributed by atoms with Gasteiger partial charge in [-0.25, -0.2) is 0 Å². The molecular weight excluding hydrogens is 150 g/mol. The van der Waals surface area contributed by atoms with Gasteiger partial charge in [-0.3, -0.25) is 0 Å². The molecule has 0 radical (unpaired) electrons. The normalized spacial score (nSPS) is 9.44. The van der Waals surface area contributed by atoms with Crippen molar-refractivity contribution < 1.29 is 0 Å². The van der Waals surface area contributed by atoms with Crippen LogP contribution in [0.1, 0.15) is 19.8 Å². The Morgan fingerprint density at radius 2 is 2.22 bits per heavy atom. The van der Waals surface area contributed by atoms with Gasteiger partial charge in [-0.15, -0.1) is 0 Å². The molecule has 0 spiro atoms. The molecule has 0 bridgehead atoms. The van der Waals surface area contributed by atoms with Gasteiger partial charge in [-0.1, -0.05) is 19.1 Å². The van der Waals surface area contributed by atoms with Gasteiger partial charge < -0.3 is 5.73 Å². The molecule has 0 aromatic heterocycles. The Morgan fingerprint density at radius 3 is 2.67 bits per heavy atom. The van der Waals surface area contributed by atoms with Gasteiger partial charge in [0.2, 0.25) is 0 Å². The first-order valence-electron chi connectivity index (χ1n) is 3.13. The highest BCUT2D eigenvalue weighted by molar-refractivity contribution is 7.99. The summed E-state index contributed by atoms with van der Waals surface area (Å²) in [6, 6.07) is 0. The number of thioether (sulfide) groups is 1. The van der Waals surface area contributed by atoms with E-state index in [2.05, 4.69) is 6.92 Å². The van der Waals surface area contributed by atoms with Gasteiger partial charge >= 0.3 is 0 Å². The van der Waals surface area contributed by atoms with Crippen LogP contribution in [0.5, 0.6) is 0 Å². The third-order valence-corrected chi connectivity index (χ3v) is 2.24. The molecule has 2 N–H and O–H groups in total. The van der Waals surface area contributed by atoms with Crippen molar-refractivity contribution in [3.05, 3.63) is 0 Å². The summed E-state index contributed by atoms with van der Waals surface area (Å²) in [7, 11) is 0. The first-order chi connectivity index (χ1) is 4.27. The van der Waals surface area contributed by atoms with Crippen molar-refractivity contribution in [2.24, 2.45) is 5.73 Å². The molecule has 0 unspecified atom stereocenters.